The number of fused-ring (bicyclic) bond motifs is 1. The molecule has 2 saturated heterocycles. The van der Waals surface area contributed by atoms with Crippen molar-refractivity contribution in [3.05, 3.63) is 29.8 Å². The van der Waals surface area contributed by atoms with Crippen molar-refractivity contribution in [1.29, 1.82) is 0 Å². The molecule has 0 saturated carbocycles. The molecule has 2 heterocycles. The lowest BCUT2D eigenvalue weighted by Gasteiger charge is -2.19. The number of nitrogens with zero attached hydrogens (tertiary/aromatic N) is 1. The third kappa shape index (κ3) is 1.63. The summed E-state index contributed by atoms with van der Waals surface area (Å²) in [5, 5.41) is 3.48. The molecule has 2 heteroatoms. The second-order valence-electron chi connectivity index (χ2n) is 4.92. The molecule has 2 aliphatic rings. The number of hydrogen-bond acceptors (Lipinski definition) is 2. The van der Waals surface area contributed by atoms with E-state index >= 15 is 0 Å². The molecule has 2 aliphatic heterocycles. The molecule has 0 radical (unpaired) electrons. The van der Waals surface area contributed by atoms with Crippen molar-refractivity contribution in [2.75, 3.05) is 31.1 Å². The van der Waals surface area contributed by atoms with E-state index in [1.165, 1.54) is 37.4 Å². The quantitative estimate of drug-likeness (QED) is 0.745. The Balaban J connectivity index is 1.76. The maximum atomic E-state index is 3.48. The topological polar surface area (TPSA) is 15.3 Å². The van der Waals surface area contributed by atoms with E-state index in [4.69, 9.17) is 0 Å². The van der Waals surface area contributed by atoms with Gasteiger partial charge in [0.25, 0.3) is 0 Å². The summed E-state index contributed by atoms with van der Waals surface area (Å²) in [6, 6.07) is 8.93. The summed E-state index contributed by atoms with van der Waals surface area (Å²) in [7, 11) is 0. The van der Waals surface area contributed by atoms with Crippen LogP contribution in [-0.2, 0) is 0 Å². The van der Waals surface area contributed by atoms with E-state index in [9.17, 15) is 0 Å². The highest BCUT2D eigenvalue weighted by molar-refractivity contribution is 5.48. The van der Waals surface area contributed by atoms with Crippen LogP contribution in [0, 0.1) is 18.8 Å². The molecule has 15 heavy (non-hydrogen) atoms. The molecule has 1 aromatic rings. The van der Waals surface area contributed by atoms with Gasteiger partial charge in [0.2, 0.25) is 0 Å². The van der Waals surface area contributed by atoms with E-state index in [2.05, 4.69) is 41.4 Å². The van der Waals surface area contributed by atoms with Gasteiger partial charge in [-0.05, 0) is 30.9 Å². The number of hydrogen-bond donors (Lipinski definition) is 1. The van der Waals surface area contributed by atoms with Crippen LogP contribution in [0.5, 0.6) is 0 Å². The summed E-state index contributed by atoms with van der Waals surface area (Å²) in [4.78, 5) is 2.54. The molecule has 80 valence electrons. The van der Waals surface area contributed by atoms with Gasteiger partial charge in [0.1, 0.15) is 0 Å². The van der Waals surface area contributed by atoms with Gasteiger partial charge in [0.05, 0.1) is 0 Å². The van der Waals surface area contributed by atoms with Crippen molar-refractivity contribution in [1.82, 2.24) is 5.32 Å². The smallest absolute Gasteiger partial charge is 0.0366 e. The molecule has 2 nitrogen and oxygen atoms in total. The summed E-state index contributed by atoms with van der Waals surface area (Å²) in [5.41, 5.74) is 2.75. The molecule has 1 aromatic carbocycles. The first-order valence-corrected chi connectivity index (χ1v) is 5.85. The molecule has 3 rings (SSSR count). The molecule has 0 amide bonds. The van der Waals surface area contributed by atoms with E-state index in [0.29, 0.717) is 0 Å². The van der Waals surface area contributed by atoms with Gasteiger partial charge in [-0.3, -0.25) is 0 Å². The predicted octanol–water partition coefficient (Wildman–Crippen LogP) is 1.65. The van der Waals surface area contributed by atoms with Crippen LogP contribution in [0.1, 0.15) is 5.56 Å². The van der Waals surface area contributed by atoms with Crippen LogP contribution >= 0.6 is 0 Å². The average Bonchev–Trinajstić information content (AvgIpc) is 2.78. The first-order chi connectivity index (χ1) is 7.33. The SMILES string of the molecule is Cc1ccc(N2CC3CNC[C@H]3C2)cc1. The lowest BCUT2D eigenvalue weighted by molar-refractivity contribution is 0.533. The number of aryl methyl sites for hydroxylation is 1. The van der Waals surface area contributed by atoms with Gasteiger partial charge in [0, 0.05) is 31.9 Å². The second kappa shape index (κ2) is 3.53. The van der Waals surface area contributed by atoms with E-state index in [0.717, 1.165) is 11.8 Å². The van der Waals surface area contributed by atoms with E-state index < -0.39 is 0 Å². The van der Waals surface area contributed by atoms with Crippen molar-refractivity contribution >= 4 is 5.69 Å². The zero-order chi connectivity index (χ0) is 10.3. The highest BCUT2D eigenvalue weighted by atomic mass is 15.2. The Kier molecular flexibility index (Phi) is 2.17. The minimum atomic E-state index is 0.881. The molecule has 0 bridgehead atoms. The Hall–Kier alpha value is -1.02. The third-order valence-corrected chi connectivity index (χ3v) is 3.79. The number of anilines is 1. The fourth-order valence-corrected chi connectivity index (χ4v) is 2.82. The van der Waals surface area contributed by atoms with Gasteiger partial charge in [-0.15, -0.1) is 0 Å². The van der Waals surface area contributed by atoms with Gasteiger partial charge in [-0.25, -0.2) is 0 Å². The van der Waals surface area contributed by atoms with Crippen molar-refractivity contribution < 1.29 is 0 Å². The molecule has 0 spiro atoms. The summed E-state index contributed by atoms with van der Waals surface area (Å²) in [6.45, 7) is 7.05. The number of rotatable bonds is 1. The standard InChI is InChI=1S/C13H18N2/c1-10-2-4-13(5-3-10)15-8-11-6-14-7-12(11)9-15/h2-5,11-12,14H,6-9H2,1H3/t11-,12?/m0/s1. The van der Waals surface area contributed by atoms with E-state index in [1.54, 1.807) is 0 Å². The number of benzene rings is 1. The maximum absolute atomic E-state index is 3.48. The highest BCUT2D eigenvalue weighted by Gasteiger charge is 2.35. The number of nitrogens with one attached hydrogen (secondary N) is 1. The zero-order valence-electron chi connectivity index (χ0n) is 9.24. The highest BCUT2D eigenvalue weighted by Crippen LogP contribution is 2.30. The van der Waals surface area contributed by atoms with Crippen molar-refractivity contribution in [2.24, 2.45) is 11.8 Å². The molecule has 0 aromatic heterocycles. The largest absolute Gasteiger partial charge is 0.371 e. The van der Waals surface area contributed by atoms with Crippen molar-refractivity contribution in [3.63, 3.8) is 0 Å². The van der Waals surface area contributed by atoms with Crippen molar-refractivity contribution in [2.45, 2.75) is 6.92 Å². The van der Waals surface area contributed by atoms with Crippen molar-refractivity contribution in [3.8, 4) is 0 Å². The first-order valence-electron chi connectivity index (χ1n) is 5.85. The van der Waals surface area contributed by atoms with Crippen LogP contribution in [0.25, 0.3) is 0 Å². The summed E-state index contributed by atoms with van der Waals surface area (Å²) >= 11 is 0. The lowest BCUT2D eigenvalue weighted by Crippen LogP contribution is -2.25. The van der Waals surface area contributed by atoms with Gasteiger partial charge in [0.15, 0.2) is 0 Å². The Morgan fingerprint density at radius 3 is 2.27 bits per heavy atom. The Bertz CT molecular complexity index is 332. The maximum Gasteiger partial charge on any atom is 0.0366 e. The van der Waals surface area contributed by atoms with Gasteiger partial charge < -0.3 is 10.2 Å². The molecular formula is C13H18N2. The van der Waals surface area contributed by atoms with E-state index in [1.807, 2.05) is 0 Å². The third-order valence-electron chi connectivity index (χ3n) is 3.79. The second-order valence-corrected chi connectivity index (χ2v) is 4.92. The Morgan fingerprint density at radius 1 is 1.07 bits per heavy atom. The summed E-state index contributed by atoms with van der Waals surface area (Å²) < 4.78 is 0. The summed E-state index contributed by atoms with van der Waals surface area (Å²) in [6.07, 6.45) is 0. The lowest BCUT2D eigenvalue weighted by atomic mass is 10.0. The minimum absolute atomic E-state index is 0.881. The minimum Gasteiger partial charge on any atom is -0.371 e. The van der Waals surface area contributed by atoms with Crippen LogP contribution in [0.2, 0.25) is 0 Å². The molecular weight excluding hydrogens is 184 g/mol. The van der Waals surface area contributed by atoms with Gasteiger partial charge in [-0.1, -0.05) is 17.7 Å². The monoisotopic (exact) mass is 202 g/mol. The Morgan fingerprint density at radius 2 is 1.67 bits per heavy atom. The first kappa shape index (κ1) is 9.22. The van der Waals surface area contributed by atoms with Crippen LogP contribution in [0.15, 0.2) is 24.3 Å². The Labute approximate surface area is 91.3 Å². The average molecular weight is 202 g/mol. The zero-order valence-corrected chi connectivity index (χ0v) is 9.24. The molecule has 2 fully saturated rings. The fourth-order valence-electron chi connectivity index (χ4n) is 2.82. The van der Waals surface area contributed by atoms with E-state index in [-0.39, 0.29) is 0 Å². The van der Waals surface area contributed by atoms with Crippen LogP contribution < -0.4 is 10.2 Å². The van der Waals surface area contributed by atoms with Gasteiger partial charge >= 0.3 is 0 Å². The fraction of sp³-hybridized carbons (Fsp3) is 0.538. The predicted molar refractivity (Wildman–Crippen MR) is 63.2 cm³/mol. The molecule has 2 atom stereocenters. The van der Waals surface area contributed by atoms with Crippen LogP contribution in [0.4, 0.5) is 5.69 Å². The van der Waals surface area contributed by atoms with Crippen LogP contribution in [-0.4, -0.2) is 26.2 Å². The van der Waals surface area contributed by atoms with Crippen LogP contribution in [0.3, 0.4) is 0 Å². The van der Waals surface area contributed by atoms with Gasteiger partial charge in [-0.2, -0.15) is 0 Å². The normalized spacial score (nSPS) is 29.5. The molecule has 0 aliphatic carbocycles. The summed E-state index contributed by atoms with van der Waals surface area (Å²) in [5.74, 6) is 1.76. The molecule has 1 unspecified atom stereocenters. The molecule has 1 N–H and O–H groups in total.